The molecule has 2 aromatic rings. The Labute approximate surface area is 207 Å². The maximum Gasteiger partial charge on any atom is 0.186 e. The molecule has 8 heteroatoms. The average Bonchev–Trinajstić information content (AvgIpc) is 2.81. The van der Waals surface area contributed by atoms with E-state index in [2.05, 4.69) is 17.2 Å². The molecule has 0 saturated heterocycles. The zero-order valence-corrected chi connectivity index (χ0v) is 20.6. The number of nitrogens with zero attached hydrogens (tertiary/aromatic N) is 1. The van der Waals surface area contributed by atoms with Crippen LogP contribution in [0.1, 0.15) is 62.1 Å². The number of phenols is 1. The predicted octanol–water partition coefficient (Wildman–Crippen LogP) is 3.64. The number of carbonyl (C=O) groups is 2. The summed E-state index contributed by atoms with van der Waals surface area (Å²) in [6, 6.07) is 6.59. The Morgan fingerprint density at radius 3 is 2.71 bits per heavy atom. The van der Waals surface area contributed by atoms with Crippen LogP contribution in [0.25, 0.3) is 6.08 Å². The van der Waals surface area contributed by atoms with Gasteiger partial charge in [0.25, 0.3) is 0 Å². The molecular weight excluding hydrogens is 446 g/mol. The lowest BCUT2D eigenvalue weighted by molar-refractivity contribution is -0.124. The number of allylic oxidation sites excluding steroid dienone is 1. The number of nitrogens with one attached hydrogen (secondary N) is 1. The molecule has 1 aromatic carbocycles. The number of Topliss-reactive ketones (excluding diaryl/α,β-unsaturated/α-hetero) is 1. The van der Waals surface area contributed by atoms with Crippen LogP contribution in [-0.4, -0.2) is 47.1 Å². The number of pyridine rings is 1. The van der Waals surface area contributed by atoms with Crippen LogP contribution in [0, 0.1) is 5.92 Å². The van der Waals surface area contributed by atoms with Crippen LogP contribution in [0.5, 0.6) is 11.5 Å². The Kier molecular flexibility index (Phi) is 11.9. The first-order valence-corrected chi connectivity index (χ1v) is 12.0. The molecule has 1 heterocycles. The highest BCUT2D eigenvalue weighted by Gasteiger charge is 2.12. The summed E-state index contributed by atoms with van der Waals surface area (Å²) in [5, 5.41) is 22.5. The number of unbranched alkanes of at least 4 members (excludes halogenated alkanes) is 2. The fourth-order valence-electron chi connectivity index (χ4n) is 3.85. The highest BCUT2D eigenvalue weighted by molar-refractivity contribution is 6.06. The maximum atomic E-state index is 12.4. The molecule has 0 spiro atoms. The number of aromatic nitrogens is 1. The molecule has 1 atom stereocenters. The summed E-state index contributed by atoms with van der Waals surface area (Å²) in [6.07, 6.45) is 9.29. The first-order chi connectivity index (χ1) is 16.8. The number of aromatic hydroxyl groups is 1. The molecule has 5 N–H and O–H groups in total. The van der Waals surface area contributed by atoms with Gasteiger partial charge in [0.15, 0.2) is 24.1 Å². The number of ether oxygens (including phenoxy) is 1. The summed E-state index contributed by atoms with van der Waals surface area (Å²) < 4.78 is 5.06. The van der Waals surface area contributed by atoms with Gasteiger partial charge in [0.05, 0.1) is 6.42 Å². The largest absolute Gasteiger partial charge is 0.504 e. The lowest BCUT2D eigenvalue weighted by Crippen LogP contribution is -2.15. The molecule has 0 aliphatic heterocycles. The van der Waals surface area contributed by atoms with E-state index < -0.39 is 6.79 Å². The average molecular weight is 484 g/mol. The number of ketones is 2. The van der Waals surface area contributed by atoms with Gasteiger partial charge < -0.3 is 26.0 Å². The first-order valence-electron chi connectivity index (χ1n) is 12.0. The molecule has 35 heavy (non-hydrogen) atoms. The van der Waals surface area contributed by atoms with Crippen molar-refractivity contribution in [2.24, 2.45) is 5.92 Å². The van der Waals surface area contributed by atoms with Crippen molar-refractivity contribution in [1.82, 2.24) is 10.3 Å². The molecule has 0 bridgehead atoms. The highest BCUT2D eigenvalue weighted by Crippen LogP contribution is 2.31. The molecule has 0 saturated carbocycles. The second-order valence-corrected chi connectivity index (χ2v) is 8.84. The fourth-order valence-corrected chi connectivity index (χ4v) is 3.85. The van der Waals surface area contributed by atoms with Crippen molar-refractivity contribution in [3.8, 4) is 11.5 Å². The lowest BCUT2D eigenvalue weighted by Gasteiger charge is -2.12. The van der Waals surface area contributed by atoms with Gasteiger partial charge in [-0.3, -0.25) is 9.59 Å². The molecule has 190 valence electrons. The van der Waals surface area contributed by atoms with E-state index in [-0.39, 0.29) is 29.5 Å². The third kappa shape index (κ3) is 10.3. The second-order valence-electron chi connectivity index (χ2n) is 8.84. The van der Waals surface area contributed by atoms with E-state index in [1.807, 2.05) is 13.1 Å². The van der Waals surface area contributed by atoms with Gasteiger partial charge in [0.2, 0.25) is 0 Å². The first kappa shape index (κ1) is 28.0. The zero-order valence-electron chi connectivity index (χ0n) is 20.6. The smallest absolute Gasteiger partial charge is 0.186 e. The number of rotatable bonds is 16. The Balaban J connectivity index is 1.97. The van der Waals surface area contributed by atoms with Crippen LogP contribution in [0.3, 0.4) is 0 Å². The number of benzene rings is 1. The topological polar surface area (TPSA) is 135 Å². The van der Waals surface area contributed by atoms with Gasteiger partial charge in [-0.25, -0.2) is 4.98 Å². The van der Waals surface area contributed by atoms with Gasteiger partial charge >= 0.3 is 0 Å². The summed E-state index contributed by atoms with van der Waals surface area (Å²) in [5.41, 5.74) is 7.86. The maximum absolute atomic E-state index is 12.4. The normalized spacial score (nSPS) is 12.1. The molecule has 2 rings (SSSR count). The number of aliphatic hydroxyl groups excluding tert-OH is 1. The lowest BCUT2D eigenvalue weighted by atomic mass is 9.98. The number of anilines is 1. The number of aliphatic hydroxyl groups is 1. The Morgan fingerprint density at radius 2 is 2.03 bits per heavy atom. The van der Waals surface area contributed by atoms with Crippen LogP contribution in [0.4, 0.5) is 5.82 Å². The van der Waals surface area contributed by atoms with Crippen LogP contribution in [-0.2, 0) is 16.0 Å². The standard InChI is InChI=1S/C27H37N3O5/c1-19(16-29-2)6-4-3-5-7-23(32)15-24(33)10-9-21-14-26(35-18-31)25(34)13-22(21)12-20-8-11-27(28)30-17-20/h8-11,13-14,17,19,29,31,34H,3-7,12,15-16,18H2,1-2H3,(H2,28,30). The van der Waals surface area contributed by atoms with Crippen molar-refractivity contribution >= 4 is 23.5 Å². The summed E-state index contributed by atoms with van der Waals surface area (Å²) in [5.74, 6) is 0.644. The van der Waals surface area contributed by atoms with E-state index >= 15 is 0 Å². The van der Waals surface area contributed by atoms with Crippen molar-refractivity contribution < 1.29 is 24.5 Å². The molecule has 0 fully saturated rings. The molecule has 1 unspecified atom stereocenters. The third-order valence-corrected chi connectivity index (χ3v) is 5.71. The molecule has 0 aliphatic rings. The summed E-state index contributed by atoms with van der Waals surface area (Å²) >= 11 is 0. The summed E-state index contributed by atoms with van der Waals surface area (Å²) in [4.78, 5) is 28.7. The van der Waals surface area contributed by atoms with Gasteiger partial charge in [-0.2, -0.15) is 0 Å². The Morgan fingerprint density at radius 1 is 1.23 bits per heavy atom. The quantitative estimate of drug-likeness (QED) is 0.123. The van der Waals surface area contributed by atoms with E-state index in [1.165, 1.54) is 12.1 Å². The molecular formula is C27H37N3O5. The monoisotopic (exact) mass is 483 g/mol. The van der Waals surface area contributed by atoms with Gasteiger partial charge in [-0.15, -0.1) is 0 Å². The van der Waals surface area contributed by atoms with Crippen molar-refractivity contribution in [1.29, 1.82) is 0 Å². The zero-order chi connectivity index (χ0) is 25.6. The van der Waals surface area contributed by atoms with E-state index in [4.69, 9.17) is 15.6 Å². The minimum absolute atomic E-state index is 0.0638. The Hall–Kier alpha value is -3.23. The van der Waals surface area contributed by atoms with Crippen molar-refractivity contribution in [3.63, 3.8) is 0 Å². The van der Waals surface area contributed by atoms with Gasteiger partial charge in [0, 0.05) is 12.6 Å². The predicted molar refractivity (Wildman–Crippen MR) is 137 cm³/mol. The molecule has 0 aliphatic carbocycles. The highest BCUT2D eigenvalue weighted by atomic mass is 16.6. The molecule has 0 radical (unpaired) electrons. The van der Waals surface area contributed by atoms with Crippen molar-refractivity contribution in [2.75, 3.05) is 26.1 Å². The van der Waals surface area contributed by atoms with E-state index in [1.54, 1.807) is 24.4 Å². The summed E-state index contributed by atoms with van der Waals surface area (Å²) in [6.45, 7) is 2.60. The number of hydrogen-bond donors (Lipinski definition) is 4. The van der Waals surface area contributed by atoms with Crippen LogP contribution >= 0.6 is 0 Å². The molecule has 8 nitrogen and oxygen atoms in total. The second kappa shape index (κ2) is 14.9. The van der Waals surface area contributed by atoms with Crippen LogP contribution < -0.4 is 15.8 Å². The van der Waals surface area contributed by atoms with Crippen LogP contribution in [0.2, 0.25) is 0 Å². The molecule has 1 aromatic heterocycles. The minimum atomic E-state index is -0.597. The number of nitrogens with two attached hydrogens (primary N) is 1. The Bertz CT molecular complexity index is 989. The van der Waals surface area contributed by atoms with Gasteiger partial charge in [0.1, 0.15) is 11.6 Å². The van der Waals surface area contributed by atoms with Crippen molar-refractivity contribution in [3.05, 3.63) is 53.2 Å². The van der Waals surface area contributed by atoms with Crippen LogP contribution in [0.15, 0.2) is 36.5 Å². The molecule has 0 amide bonds. The number of phenolic OH excluding ortho intramolecular Hbond substituents is 1. The summed E-state index contributed by atoms with van der Waals surface area (Å²) in [7, 11) is 1.95. The SMILES string of the molecule is CNCC(C)CCCCCC(=O)CC(=O)C=Cc1cc(OCO)c(O)cc1Cc1ccc(N)nc1. The van der Waals surface area contributed by atoms with Crippen molar-refractivity contribution in [2.45, 2.75) is 51.9 Å². The van der Waals surface area contributed by atoms with E-state index in [0.717, 1.165) is 43.4 Å². The van der Waals surface area contributed by atoms with E-state index in [9.17, 15) is 14.7 Å². The number of hydrogen-bond acceptors (Lipinski definition) is 8. The fraction of sp³-hybridized carbons (Fsp3) is 0.444. The number of nitrogen functional groups attached to an aromatic ring is 1. The minimum Gasteiger partial charge on any atom is -0.504 e. The third-order valence-electron chi connectivity index (χ3n) is 5.71. The van der Waals surface area contributed by atoms with Gasteiger partial charge in [-0.1, -0.05) is 31.9 Å². The number of carbonyl (C=O) groups excluding carboxylic acids is 2. The van der Waals surface area contributed by atoms with E-state index in [0.29, 0.717) is 30.1 Å². The van der Waals surface area contributed by atoms with Gasteiger partial charge in [-0.05, 0) is 79.7 Å².